The predicted molar refractivity (Wildman–Crippen MR) is 58.9 cm³/mol. The molecule has 0 aliphatic carbocycles. The van der Waals surface area contributed by atoms with Crippen molar-refractivity contribution in [1.82, 2.24) is 4.98 Å². The number of aromatic nitrogens is 1. The largest absolute Gasteiger partial charge is 1.00 e. The van der Waals surface area contributed by atoms with Crippen molar-refractivity contribution in [3.8, 4) is 5.75 Å². The number of carboxylic acids is 1. The summed E-state index contributed by atoms with van der Waals surface area (Å²) in [6.45, 7) is -0.688. The van der Waals surface area contributed by atoms with E-state index < -0.39 is 17.5 Å². The summed E-state index contributed by atoms with van der Waals surface area (Å²) < 4.78 is 4.94. The van der Waals surface area contributed by atoms with E-state index in [0.717, 1.165) is 6.07 Å². The second-order valence-corrected chi connectivity index (χ2v) is 3.44. The second-order valence-electron chi connectivity index (χ2n) is 3.44. The maximum absolute atomic E-state index is 10.7. The van der Waals surface area contributed by atoms with Gasteiger partial charge in [-0.2, -0.15) is 0 Å². The number of carbonyl (C=O) groups excluding carboxylic acids is 1. The molecule has 1 heterocycles. The smallest absolute Gasteiger partial charge is 0.546 e. The van der Waals surface area contributed by atoms with Crippen LogP contribution >= 0.6 is 0 Å². The van der Waals surface area contributed by atoms with E-state index in [9.17, 15) is 20.0 Å². The summed E-state index contributed by atoms with van der Waals surface area (Å²) in [5.41, 5.74) is 0.174. The number of hydrogen-bond donors (Lipinski definition) is 0. The standard InChI is InChI=1S/C11H8N2O5.K/c14-10(15)6-18-9-5-8(13(16)17)4-7-2-1-3-12-11(7)9;/h1-5H,6H2,(H,14,15);/q;+1/p-1. The van der Waals surface area contributed by atoms with E-state index in [4.69, 9.17) is 4.74 Å². The molecule has 0 spiro atoms. The Labute approximate surface area is 150 Å². The molecule has 0 saturated carbocycles. The molecule has 8 heteroatoms. The number of benzene rings is 1. The van der Waals surface area contributed by atoms with E-state index in [-0.39, 0.29) is 62.8 Å². The third kappa shape index (κ3) is 3.95. The van der Waals surface area contributed by atoms with E-state index in [2.05, 4.69) is 4.98 Å². The molecule has 1 aromatic carbocycles. The average molecular weight is 286 g/mol. The van der Waals surface area contributed by atoms with Gasteiger partial charge in [-0.25, -0.2) is 0 Å². The summed E-state index contributed by atoms with van der Waals surface area (Å²) in [4.78, 5) is 24.5. The maximum atomic E-state index is 10.7. The number of hydrogen-bond acceptors (Lipinski definition) is 6. The van der Waals surface area contributed by atoms with Crippen LogP contribution in [0.5, 0.6) is 5.75 Å². The Hall–Kier alpha value is -1.06. The molecule has 0 aliphatic heterocycles. The van der Waals surface area contributed by atoms with Gasteiger partial charge in [0.2, 0.25) is 0 Å². The van der Waals surface area contributed by atoms with Crippen molar-refractivity contribution in [3.05, 3.63) is 40.6 Å². The fourth-order valence-corrected chi connectivity index (χ4v) is 1.50. The Kier molecular flexibility index (Phi) is 5.82. The first-order valence-corrected chi connectivity index (χ1v) is 4.94. The molecule has 19 heavy (non-hydrogen) atoms. The fourth-order valence-electron chi connectivity index (χ4n) is 1.50. The molecule has 0 amide bonds. The molecule has 0 atom stereocenters. The Morgan fingerprint density at radius 1 is 1.42 bits per heavy atom. The van der Waals surface area contributed by atoms with Gasteiger partial charge in [-0.1, -0.05) is 6.07 Å². The number of aliphatic carboxylic acids is 1. The number of carbonyl (C=O) groups is 1. The molecule has 0 unspecified atom stereocenters. The predicted octanol–water partition coefficient (Wildman–Crippen LogP) is -2.72. The van der Waals surface area contributed by atoms with Crippen molar-refractivity contribution >= 4 is 22.6 Å². The van der Waals surface area contributed by atoms with Gasteiger partial charge in [0.15, 0.2) is 5.75 Å². The van der Waals surface area contributed by atoms with Gasteiger partial charge in [0.25, 0.3) is 5.69 Å². The van der Waals surface area contributed by atoms with Crippen LogP contribution in [0.2, 0.25) is 0 Å². The van der Waals surface area contributed by atoms with E-state index in [0.29, 0.717) is 10.9 Å². The number of fused-ring (bicyclic) bond motifs is 1. The Morgan fingerprint density at radius 2 is 2.16 bits per heavy atom. The van der Waals surface area contributed by atoms with Gasteiger partial charge in [0, 0.05) is 17.6 Å². The zero-order valence-corrected chi connectivity index (χ0v) is 13.2. The summed E-state index contributed by atoms with van der Waals surface area (Å²) in [5, 5.41) is 21.6. The van der Waals surface area contributed by atoms with E-state index in [1.54, 1.807) is 12.1 Å². The van der Waals surface area contributed by atoms with E-state index in [1.165, 1.54) is 12.3 Å². The van der Waals surface area contributed by atoms with Gasteiger partial charge in [-0.05, 0) is 6.07 Å². The van der Waals surface area contributed by atoms with Crippen molar-refractivity contribution in [2.24, 2.45) is 0 Å². The second kappa shape index (κ2) is 6.92. The number of pyridine rings is 1. The number of non-ortho nitro benzene ring substituents is 1. The van der Waals surface area contributed by atoms with E-state index in [1.807, 2.05) is 0 Å². The Balaban J connectivity index is 0.00000180. The van der Waals surface area contributed by atoms with Crippen molar-refractivity contribution in [1.29, 1.82) is 0 Å². The molecular formula is C11H7KN2O5. The summed E-state index contributed by atoms with van der Waals surface area (Å²) in [6, 6.07) is 5.72. The molecule has 1 aromatic heterocycles. The molecule has 0 saturated heterocycles. The quantitative estimate of drug-likeness (QED) is 0.343. The molecule has 2 aromatic rings. The Bertz CT molecular complexity index is 632. The molecule has 92 valence electrons. The summed E-state index contributed by atoms with van der Waals surface area (Å²) in [5.74, 6) is -1.37. The van der Waals surface area contributed by atoms with Crippen LogP contribution in [0.25, 0.3) is 10.9 Å². The van der Waals surface area contributed by atoms with Crippen LogP contribution in [0, 0.1) is 10.1 Å². The van der Waals surface area contributed by atoms with E-state index >= 15 is 0 Å². The zero-order valence-electron chi connectivity index (χ0n) is 10.0. The number of carboxylic acid groups (broad SMARTS) is 1. The first-order valence-electron chi connectivity index (χ1n) is 4.94. The molecule has 0 aliphatic rings. The summed E-state index contributed by atoms with van der Waals surface area (Å²) >= 11 is 0. The number of nitro groups is 1. The van der Waals surface area contributed by atoms with Crippen LogP contribution in [-0.4, -0.2) is 22.5 Å². The minimum atomic E-state index is -1.41. The van der Waals surface area contributed by atoms with Gasteiger partial charge < -0.3 is 14.6 Å². The van der Waals surface area contributed by atoms with Crippen LogP contribution in [0.1, 0.15) is 0 Å². The average Bonchev–Trinajstić information content (AvgIpc) is 2.35. The van der Waals surface area contributed by atoms with Gasteiger partial charge in [0.1, 0.15) is 12.1 Å². The monoisotopic (exact) mass is 286 g/mol. The van der Waals surface area contributed by atoms with Crippen LogP contribution in [-0.2, 0) is 4.79 Å². The van der Waals surface area contributed by atoms with Gasteiger partial charge >= 0.3 is 51.4 Å². The van der Waals surface area contributed by atoms with Crippen LogP contribution < -0.4 is 61.2 Å². The first kappa shape index (κ1) is 16.0. The molecule has 0 N–H and O–H groups in total. The topological polar surface area (TPSA) is 105 Å². The zero-order chi connectivity index (χ0) is 13.1. The van der Waals surface area contributed by atoms with Crippen LogP contribution in [0.4, 0.5) is 5.69 Å². The number of ether oxygens (including phenoxy) is 1. The van der Waals surface area contributed by atoms with Gasteiger partial charge in [-0.3, -0.25) is 15.1 Å². The molecule has 0 radical (unpaired) electrons. The van der Waals surface area contributed by atoms with Crippen molar-refractivity contribution in [2.75, 3.05) is 6.61 Å². The van der Waals surface area contributed by atoms with Crippen LogP contribution in [0.15, 0.2) is 30.5 Å². The summed E-state index contributed by atoms with van der Waals surface area (Å²) in [7, 11) is 0. The third-order valence-electron chi connectivity index (χ3n) is 2.21. The molecular weight excluding hydrogens is 279 g/mol. The number of nitro benzene ring substituents is 1. The molecule has 0 bridgehead atoms. The first-order chi connectivity index (χ1) is 8.58. The maximum Gasteiger partial charge on any atom is 1.00 e. The van der Waals surface area contributed by atoms with Crippen molar-refractivity contribution < 1.29 is 70.9 Å². The third-order valence-corrected chi connectivity index (χ3v) is 2.21. The molecule has 7 nitrogen and oxygen atoms in total. The molecule has 0 fully saturated rings. The molecule has 2 rings (SSSR count). The van der Waals surface area contributed by atoms with Crippen LogP contribution in [0.3, 0.4) is 0 Å². The van der Waals surface area contributed by atoms with Crippen molar-refractivity contribution in [2.45, 2.75) is 0 Å². The minimum absolute atomic E-state index is 0. The van der Waals surface area contributed by atoms with Gasteiger partial charge in [-0.15, -0.1) is 0 Å². The summed E-state index contributed by atoms with van der Waals surface area (Å²) in [6.07, 6.45) is 1.49. The van der Waals surface area contributed by atoms with Crippen molar-refractivity contribution in [3.63, 3.8) is 0 Å². The minimum Gasteiger partial charge on any atom is -0.546 e. The Morgan fingerprint density at radius 3 is 2.79 bits per heavy atom. The number of rotatable bonds is 4. The fraction of sp³-hybridized carbons (Fsp3) is 0.0909. The van der Waals surface area contributed by atoms with Gasteiger partial charge in [0.05, 0.1) is 17.0 Å². The normalized spacial score (nSPS) is 9.68. The SMILES string of the molecule is O=C([O-])COc1cc([N+](=O)[O-])cc2cccnc12.[K+]. The number of nitrogens with zero attached hydrogens (tertiary/aromatic N) is 2.